The molecule has 34 heavy (non-hydrogen) atoms. The van der Waals surface area contributed by atoms with Gasteiger partial charge in [0.1, 0.15) is 5.82 Å². The first-order chi connectivity index (χ1) is 16.2. The van der Waals surface area contributed by atoms with Gasteiger partial charge >= 0.3 is 0 Å². The lowest BCUT2D eigenvalue weighted by molar-refractivity contribution is 0.607. The zero-order chi connectivity index (χ0) is 24.3. The lowest BCUT2D eigenvalue weighted by Gasteiger charge is -2.08. The number of hydrogen-bond donors (Lipinski definition) is 1. The molecule has 5 nitrogen and oxygen atoms in total. The van der Waals surface area contributed by atoms with Gasteiger partial charge in [0.25, 0.3) is 0 Å². The molecular weight excluding hydrogens is 557 g/mol. The Balaban J connectivity index is 1.67. The van der Waals surface area contributed by atoms with Crippen LogP contribution in [0.1, 0.15) is 17.0 Å². The number of sulfonamides is 1. The van der Waals surface area contributed by atoms with E-state index < -0.39 is 10.0 Å². The number of halogens is 3. The summed E-state index contributed by atoms with van der Waals surface area (Å²) in [6, 6.07) is 20.6. The highest BCUT2D eigenvalue weighted by atomic mass is 79.9. The Labute approximate surface area is 217 Å². The van der Waals surface area contributed by atoms with E-state index in [2.05, 4.69) is 20.7 Å². The first-order valence-electron chi connectivity index (χ1n) is 10.2. The second-order valence-corrected chi connectivity index (χ2v) is 11.2. The van der Waals surface area contributed by atoms with Gasteiger partial charge in [-0.1, -0.05) is 69.5 Å². The summed E-state index contributed by atoms with van der Waals surface area (Å²) in [5, 5.41) is 1.09. The first-order valence-corrected chi connectivity index (χ1v) is 13.6. The van der Waals surface area contributed by atoms with E-state index in [1.165, 1.54) is 0 Å². The Hall–Kier alpha value is -2.58. The molecular formula is C25H20BrCl2N3O2S. The Morgan fingerprint density at radius 2 is 1.71 bits per heavy atom. The second-order valence-electron chi connectivity index (χ2n) is 7.69. The monoisotopic (exact) mass is 575 g/mol. The number of imidazole rings is 1. The molecule has 1 N–H and O–H groups in total. The van der Waals surface area contributed by atoms with Crippen molar-refractivity contribution in [3.63, 3.8) is 0 Å². The van der Waals surface area contributed by atoms with Gasteiger partial charge in [-0.3, -0.25) is 4.72 Å². The molecule has 0 aliphatic rings. The fourth-order valence-electron chi connectivity index (χ4n) is 3.35. The molecule has 4 rings (SSSR count). The fourth-order valence-corrected chi connectivity index (χ4v) is 4.68. The van der Waals surface area contributed by atoms with E-state index in [4.69, 9.17) is 28.2 Å². The standard InChI is InChI=1S/C25H20BrCl2N3O2S/c1-34(32,33)30-21-10-4-18(5-11-21)15-31-16-24(22-12-9-20(27)14-23(22)28)29-25(31)13-6-17-2-7-19(26)8-3-17/h2-14,16,30H,15H2,1H3. The van der Waals surface area contributed by atoms with Crippen LogP contribution in [-0.4, -0.2) is 24.2 Å². The minimum Gasteiger partial charge on any atom is -0.326 e. The molecule has 0 spiro atoms. The molecule has 0 amide bonds. The van der Waals surface area contributed by atoms with E-state index >= 15 is 0 Å². The summed E-state index contributed by atoms with van der Waals surface area (Å²) in [4.78, 5) is 4.81. The van der Waals surface area contributed by atoms with E-state index in [1.807, 2.05) is 65.4 Å². The van der Waals surface area contributed by atoms with Gasteiger partial charge in [-0.2, -0.15) is 0 Å². The fraction of sp³-hybridized carbons (Fsp3) is 0.0800. The predicted octanol–water partition coefficient (Wildman–Crippen LogP) is 7.21. The predicted molar refractivity (Wildman–Crippen MR) is 145 cm³/mol. The van der Waals surface area contributed by atoms with Crippen molar-refractivity contribution in [1.82, 2.24) is 9.55 Å². The number of aromatic nitrogens is 2. The zero-order valence-electron chi connectivity index (χ0n) is 18.0. The largest absolute Gasteiger partial charge is 0.326 e. The van der Waals surface area contributed by atoms with Crippen molar-refractivity contribution >= 4 is 67.0 Å². The van der Waals surface area contributed by atoms with E-state index in [-0.39, 0.29) is 0 Å². The molecule has 0 bridgehead atoms. The molecule has 0 atom stereocenters. The van der Waals surface area contributed by atoms with Crippen molar-refractivity contribution in [3.8, 4) is 11.3 Å². The van der Waals surface area contributed by atoms with Crippen molar-refractivity contribution in [3.05, 3.63) is 104 Å². The van der Waals surface area contributed by atoms with Gasteiger partial charge in [0.05, 0.1) is 17.0 Å². The lowest BCUT2D eigenvalue weighted by atomic mass is 10.2. The Bertz CT molecular complexity index is 1450. The molecule has 174 valence electrons. The van der Waals surface area contributed by atoms with Crippen LogP contribution in [0.5, 0.6) is 0 Å². The summed E-state index contributed by atoms with van der Waals surface area (Å²) in [5.74, 6) is 0.752. The van der Waals surface area contributed by atoms with Gasteiger partial charge in [0, 0.05) is 33.5 Å². The molecule has 0 saturated carbocycles. The topological polar surface area (TPSA) is 64.0 Å². The van der Waals surface area contributed by atoms with E-state index in [0.717, 1.165) is 38.9 Å². The quantitative estimate of drug-likeness (QED) is 0.253. The van der Waals surface area contributed by atoms with Gasteiger partial charge < -0.3 is 4.57 Å². The van der Waals surface area contributed by atoms with Crippen molar-refractivity contribution in [2.24, 2.45) is 0 Å². The number of anilines is 1. The van der Waals surface area contributed by atoms with Gasteiger partial charge in [0.2, 0.25) is 10.0 Å². The molecule has 0 fully saturated rings. The summed E-state index contributed by atoms with van der Waals surface area (Å²) in [5.41, 5.74) is 4.06. The lowest BCUT2D eigenvalue weighted by Crippen LogP contribution is -2.09. The van der Waals surface area contributed by atoms with Crippen molar-refractivity contribution in [1.29, 1.82) is 0 Å². The van der Waals surface area contributed by atoms with Crippen LogP contribution in [0.3, 0.4) is 0 Å². The SMILES string of the molecule is CS(=O)(=O)Nc1ccc(Cn2cc(-c3ccc(Cl)cc3Cl)nc2C=Cc2ccc(Br)cc2)cc1. The van der Waals surface area contributed by atoms with Crippen molar-refractivity contribution < 1.29 is 8.42 Å². The summed E-state index contributed by atoms with van der Waals surface area (Å²) < 4.78 is 28.4. The summed E-state index contributed by atoms with van der Waals surface area (Å²) in [6.45, 7) is 0.539. The maximum absolute atomic E-state index is 11.5. The molecule has 0 radical (unpaired) electrons. The van der Waals surface area contributed by atoms with Crippen LogP contribution in [0.25, 0.3) is 23.4 Å². The smallest absolute Gasteiger partial charge is 0.229 e. The van der Waals surface area contributed by atoms with Gasteiger partial charge in [0.15, 0.2) is 0 Å². The molecule has 1 heterocycles. The number of hydrogen-bond acceptors (Lipinski definition) is 3. The van der Waals surface area contributed by atoms with E-state index in [0.29, 0.717) is 22.3 Å². The third-order valence-electron chi connectivity index (χ3n) is 4.92. The van der Waals surface area contributed by atoms with Crippen LogP contribution in [0.2, 0.25) is 10.0 Å². The maximum atomic E-state index is 11.5. The first kappa shape index (κ1) is 24.5. The normalized spacial score (nSPS) is 11.8. The molecule has 3 aromatic carbocycles. The molecule has 0 aliphatic heterocycles. The average molecular weight is 577 g/mol. The number of rotatable bonds is 7. The van der Waals surface area contributed by atoms with Crippen LogP contribution in [0, 0.1) is 0 Å². The van der Waals surface area contributed by atoms with E-state index in [1.54, 1.807) is 24.3 Å². The Morgan fingerprint density at radius 1 is 1.00 bits per heavy atom. The minimum atomic E-state index is -3.33. The van der Waals surface area contributed by atoms with Crippen LogP contribution in [0.15, 0.2) is 77.4 Å². The van der Waals surface area contributed by atoms with Crippen LogP contribution >= 0.6 is 39.1 Å². The molecule has 0 aliphatic carbocycles. The minimum absolute atomic E-state index is 0.515. The Kier molecular flexibility index (Phi) is 7.48. The average Bonchev–Trinajstić information content (AvgIpc) is 3.16. The zero-order valence-corrected chi connectivity index (χ0v) is 22.0. The van der Waals surface area contributed by atoms with Crippen LogP contribution in [0.4, 0.5) is 5.69 Å². The van der Waals surface area contributed by atoms with Gasteiger partial charge in [-0.25, -0.2) is 13.4 Å². The molecule has 0 saturated heterocycles. The van der Waals surface area contributed by atoms with Crippen molar-refractivity contribution in [2.45, 2.75) is 6.54 Å². The van der Waals surface area contributed by atoms with Crippen molar-refractivity contribution in [2.75, 3.05) is 11.0 Å². The number of nitrogens with zero attached hydrogens (tertiary/aromatic N) is 2. The van der Waals surface area contributed by atoms with Crippen LogP contribution < -0.4 is 4.72 Å². The maximum Gasteiger partial charge on any atom is 0.229 e. The summed E-state index contributed by atoms with van der Waals surface area (Å²) >= 11 is 15.9. The third kappa shape index (κ3) is 6.51. The van der Waals surface area contributed by atoms with Gasteiger partial charge in [-0.15, -0.1) is 0 Å². The number of benzene rings is 3. The third-order valence-corrected chi connectivity index (χ3v) is 6.60. The molecule has 4 aromatic rings. The summed E-state index contributed by atoms with van der Waals surface area (Å²) in [6.07, 6.45) is 7.02. The molecule has 0 unspecified atom stereocenters. The highest BCUT2D eigenvalue weighted by Gasteiger charge is 2.12. The van der Waals surface area contributed by atoms with E-state index in [9.17, 15) is 8.42 Å². The van der Waals surface area contributed by atoms with Gasteiger partial charge in [-0.05, 0) is 59.7 Å². The van der Waals surface area contributed by atoms with Crippen LogP contribution in [-0.2, 0) is 16.6 Å². The highest BCUT2D eigenvalue weighted by molar-refractivity contribution is 9.10. The highest BCUT2D eigenvalue weighted by Crippen LogP contribution is 2.30. The summed E-state index contributed by atoms with van der Waals surface area (Å²) in [7, 11) is -3.33. The number of nitrogens with one attached hydrogen (secondary N) is 1. The molecule has 1 aromatic heterocycles. The Morgan fingerprint density at radius 3 is 2.35 bits per heavy atom. The molecule has 9 heteroatoms. The second kappa shape index (κ2) is 10.4.